The number of rotatable bonds is 3. The van der Waals surface area contributed by atoms with Crippen molar-refractivity contribution in [2.45, 2.75) is 4.90 Å². The second kappa shape index (κ2) is 5.43. The highest BCUT2D eigenvalue weighted by molar-refractivity contribution is 7.98. The van der Waals surface area contributed by atoms with E-state index in [1.54, 1.807) is 30.0 Å². The Labute approximate surface area is 120 Å². The maximum atomic E-state index is 11.9. The summed E-state index contributed by atoms with van der Waals surface area (Å²) in [5.41, 5.74) is 0.0990. The number of ether oxygens (including phenoxy) is 1. The Morgan fingerprint density at radius 3 is 2.60 bits per heavy atom. The number of benzene rings is 2. The highest BCUT2D eigenvalue weighted by Crippen LogP contribution is 2.25. The fraction of sp³-hybridized carbons (Fsp3) is 0.0625. The molecule has 0 bridgehead atoms. The van der Waals surface area contributed by atoms with Gasteiger partial charge in [-0.1, -0.05) is 18.2 Å². The van der Waals surface area contributed by atoms with E-state index in [9.17, 15) is 4.79 Å². The molecule has 1 heterocycles. The molecule has 3 nitrogen and oxygen atoms in total. The molecular weight excluding hydrogens is 272 g/mol. The molecule has 0 spiro atoms. The lowest BCUT2D eigenvalue weighted by molar-refractivity contribution is 0.437. The minimum absolute atomic E-state index is 0.195. The van der Waals surface area contributed by atoms with Gasteiger partial charge in [-0.25, -0.2) is 4.79 Å². The van der Waals surface area contributed by atoms with Crippen LogP contribution in [0.2, 0.25) is 0 Å². The Morgan fingerprint density at radius 2 is 1.85 bits per heavy atom. The predicted octanol–water partition coefficient (Wildman–Crippen LogP) is 4.31. The molecule has 0 saturated heterocycles. The van der Waals surface area contributed by atoms with E-state index < -0.39 is 5.63 Å². The van der Waals surface area contributed by atoms with E-state index in [2.05, 4.69) is 0 Å². The molecule has 0 saturated carbocycles. The summed E-state index contributed by atoms with van der Waals surface area (Å²) in [5.74, 6) is 0.806. The molecule has 2 aromatic carbocycles. The normalized spacial score (nSPS) is 10.7. The van der Waals surface area contributed by atoms with Crippen molar-refractivity contribution in [3.8, 4) is 11.5 Å². The Hall–Kier alpha value is -2.20. The lowest BCUT2D eigenvalue weighted by atomic mass is 10.2. The summed E-state index contributed by atoms with van der Waals surface area (Å²) in [6, 6.07) is 16.6. The molecule has 4 heteroatoms. The average molecular weight is 284 g/mol. The van der Waals surface area contributed by atoms with Crippen molar-refractivity contribution in [2.75, 3.05) is 6.26 Å². The first kappa shape index (κ1) is 12.8. The van der Waals surface area contributed by atoms with Gasteiger partial charge in [0, 0.05) is 10.3 Å². The van der Waals surface area contributed by atoms with Crippen molar-refractivity contribution < 1.29 is 9.15 Å². The maximum absolute atomic E-state index is 11.9. The van der Waals surface area contributed by atoms with Gasteiger partial charge < -0.3 is 9.15 Å². The second-order valence-corrected chi connectivity index (χ2v) is 5.10. The van der Waals surface area contributed by atoms with Crippen LogP contribution < -0.4 is 10.4 Å². The first-order valence-electron chi connectivity index (χ1n) is 6.11. The van der Waals surface area contributed by atoms with Crippen LogP contribution in [0.5, 0.6) is 11.5 Å². The summed E-state index contributed by atoms with van der Waals surface area (Å²) < 4.78 is 10.9. The smallest absolute Gasteiger partial charge is 0.379 e. The van der Waals surface area contributed by atoms with Gasteiger partial charge >= 0.3 is 5.63 Å². The van der Waals surface area contributed by atoms with Gasteiger partial charge in [0.2, 0.25) is 5.75 Å². The van der Waals surface area contributed by atoms with Crippen molar-refractivity contribution >= 4 is 22.7 Å². The summed E-state index contributed by atoms with van der Waals surface area (Å²) in [6.45, 7) is 0. The predicted molar refractivity (Wildman–Crippen MR) is 80.8 cm³/mol. The summed E-state index contributed by atoms with van der Waals surface area (Å²) in [6.07, 6.45) is 1.98. The van der Waals surface area contributed by atoms with Crippen molar-refractivity contribution in [1.82, 2.24) is 0 Å². The van der Waals surface area contributed by atoms with Gasteiger partial charge in [0.15, 0.2) is 0 Å². The fourth-order valence-corrected chi connectivity index (χ4v) is 2.32. The zero-order valence-corrected chi connectivity index (χ0v) is 11.6. The fourth-order valence-electron chi connectivity index (χ4n) is 1.89. The van der Waals surface area contributed by atoms with Crippen molar-refractivity contribution in [3.05, 3.63) is 65.0 Å². The third-order valence-corrected chi connectivity index (χ3v) is 3.61. The van der Waals surface area contributed by atoms with Gasteiger partial charge in [-0.15, -0.1) is 11.8 Å². The molecule has 1 aromatic heterocycles. The molecule has 0 N–H and O–H groups in total. The SMILES string of the molecule is CSc1ccc2cc(Oc3ccccc3)c(=O)oc2c1. The molecule has 0 aliphatic rings. The topological polar surface area (TPSA) is 39.4 Å². The highest BCUT2D eigenvalue weighted by Gasteiger charge is 2.08. The molecule has 100 valence electrons. The van der Waals surface area contributed by atoms with Gasteiger partial charge in [-0.3, -0.25) is 0 Å². The molecule has 0 atom stereocenters. The molecule has 0 unspecified atom stereocenters. The van der Waals surface area contributed by atoms with Crippen LogP contribution in [0.1, 0.15) is 0 Å². The number of hydrogen-bond donors (Lipinski definition) is 0. The van der Waals surface area contributed by atoms with E-state index in [1.165, 1.54) is 0 Å². The van der Waals surface area contributed by atoms with Gasteiger partial charge in [-0.05, 0) is 42.7 Å². The van der Waals surface area contributed by atoms with E-state index in [1.807, 2.05) is 42.7 Å². The summed E-state index contributed by atoms with van der Waals surface area (Å²) >= 11 is 1.60. The monoisotopic (exact) mass is 284 g/mol. The highest BCUT2D eigenvalue weighted by atomic mass is 32.2. The minimum atomic E-state index is -0.473. The number of para-hydroxylation sites is 1. The van der Waals surface area contributed by atoms with Crippen LogP contribution in [0.25, 0.3) is 11.0 Å². The third kappa shape index (κ3) is 2.56. The van der Waals surface area contributed by atoms with E-state index >= 15 is 0 Å². The number of fused-ring (bicyclic) bond motifs is 1. The average Bonchev–Trinajstić information content (AvgIpc) is 2.48. The van der Waals surface area contributed by atoms with Crippen LogP contribution >= 0.6 is 11.8 Å². The first-order valence-corrected chi connectivity index (χ1v) is 7.33. The number of thioether (sulfide) groups is 1. The Balaban J connectivity index is 2.04. The quantitative estimate of drug-likeness (QED) is 0.531. The van der Waals surface area contributed by atoms with Crippen LogP contribution in [0.4, 0.5) is 0 Å². The van der Waals surface area contributed by atoms with Gasteiger partial charge in [0.25, 0.3) is 0 Å². The molecule has 20 heavy (non-hydrogen) atoms. The van der Waals surface area contributed by atoms with Gasteiger partial charge in [0.05, 0.1) is 0 Å². The lowest BCUT2D eigenvalue weighted by Gasteiger charge is -2.05. The summed E-state index contributed by atoms with van der Waals surface area (Å²) in [4.78, 5) is 13.0. The molecule has 3 aromatic rings. The minimum Gasteiger partial charge on any atom is -0.450 e. The van der Waals surface area contributed by atoms with Crippen LogP contribution in [0.3, 0.4) is 0 Å². The molecular formula is C16H12O3S. The maximum Gasteiger partial charge on any atom is 0.379 e. The van der Waals surface area contributed by atoms with Gasteiger partial charge in [-0.2, -0.15) is 0 Å². The van der Waals surface area contributed by atoms with E-state index in [0.717, 1.165) is 10.3 Å². The largest absolute Gasteiger partial charge is 0.450 e. The van der Waals surface area contributed by atoms with Crippen molar-refractivity contribution in [3.63, 3.8) is 0 Å². The second-order valence-electron chi connectivity index (χ2n) is 4.22. The number of hydrogen-bond acceptors (Lipinski definition) is 4. The van der Waals surface area contributed by atoms with Crippen LogP contribution in [0, 0.1) is 0 Å². The van der Waals surface area contributed by atoms with Crippen molar-refractivity contribution in [1.29, 1.82) is 0 Å². The van der Waals surface area contributed by atoms with Gasteiger partial charge in [0.1, 0.15) is 11.3 Å². The molecule has 0 aliphatic carbocycles. The first-order chi connectivity index (χ1) is 9.76. The molecule has 0 radical (unpaired) electrons. The third-order valence-electron chi connectivity index (χ3n) is 2.88. The zero-order valence-electron chi connectivity index (χ0n) is 10.8. The molecule has 0 fully saturated rings. The standard InChI is InChI=1S/C16H12O3S/c1-20-13-8-7-11-9-15(16(17)19-14(11)10-13)18-12-5-3-2-4-6-12/h2-10H,1H3. The van der Waals surface area contributed by atoms with E-state index in [4.69, 9.17) is 9.15 Å². The lowest BCUT2D eigenvalue weighted by Crippen LogP contribution is -2.02. The Kier molecular flexibility index (Phi) is 3.48. The molecule has 0 aliphatic heterocycles. The van der Waals surface area contributed by atoms with Crippen LogP contribution in [0.15, 0.2) is 68.7 Å². The summed E-state index contributed by atoms with van der Waals surface area (Å²) in [7, 11) is 0. The molecule has 3 rings (SSSR count). The zero-order chi connectivity index (χ0) is 13.9. The van der Waals surface area contributed by atoms with E-state index in [-0.39, 0.29) is 5.75 Å². The van der Waals surface area contributed by atoms with Crippen molar-refractivity contribution in [2.24, 2.45) is 0 Å². The van der Waals surface area contributed by atoms with E-state index in [0.29, 0.717) is 11.3 Å². The van der Waals surface area contributed by atoms with Crippen LogP contribution in [-0.4, -0.2) is 6.26 Å². The van der Waals surface area contributed by atoms with Crippen LogP contribution in [-0.2, 0) is 0 Å². The molecule has 0 amide bonds. The summed E-state index contributed by atoms with van der Waals surface area (Å²) in [5, 5.41) is 0.841. The Bertz CT molecular complexity index is 794. The Morgan fingerprint density at radius 1 is 1.05 bits per heavy atom.